The van der Waals surface area contributed by atoms with E-state index in [1.54, 1.807) is 18.0 Å². The van der Waals surface area contributed by atoms with Crippen molar-refractivity contribution in [3.05, 3.63) is 35.9 Å². The lowest BCUT2D eigenvalue weighted by molar-refractivity contribution is 0.0790. The van der Waals surface area contributed by atoms with Crippen LogP contribution < -0.4 is 11.1 Å². The zero-order valence-corrected chi connectivity index (χ0v) is 15.3. The van der Waals surface area contributed by atoms with Crippen LogP contribution in [0, 0.1) is 0 Å². The summed E-state index contributed by atoms with van der Waals surface area (Å²) in [5.41, 5.74) is 7.90. The van der Waals surface area contributed by atoms with Crippen LogP contribution in [0.1, 0.15) is 16.8 Å². The molecule has 0 saturated heterocycles. The Labute approximate surface area is 148 Å². The van der Waals surface area contributed by atoms with Crippen molar-refractivity contribution in [1.29, 1.82) is 0 Å². The molecule has 7 nitrogen and oxygen atoms in total. The zero-order valence-electron chi connectivity index (χ0n) is 15.3. The molecule has 0 aliphatic rings. The summed E-state index contributed by atoms with van der Waals surface area (Å²) in [5, 5.41) is 2.96. The molecule has 0 unspecified atom stereocenters. The van der Waals surface area contributed by atoms with Gasteiger partial charge in [-0.05, 0) is 39.2 Å². The number of amides is 1. The molecule has 0 saturated carbocycles. The predicted molar refractivity (Wildman–Crippen MR) is 102 cm³/mol. The van der Waals surface area contributed by atoms with Crippen LogP contribution in [-0.4, -0.2) is 67.0 Å². The maximum Gasteiger partial charge on any atom is 0.253 e. The number of hydrogen-bond acceptors (Lipinski definition) is 6. The molecule has 1 amide bonds. The first-order valence-electron chi connectivity index (χ1n) is 8.23. The third-order valence-electron chi connectivity index (χ3n) is 3.85. The van der Waals surface area contributed by atoms with Gasteiger partial charge in [0, 0.05) is 37.8 Å². The van der Waals surface area contributed by atoms with Crippen molar-refractivity contribution in [1.82, 2.24) is 19.8 Å². The number of nitrogens with zero attached hydrogens (tertiary/aromatic N) is 4. The molecular weight excluding hydrogens is 316 g/mol. The molecule has 25 heavy (non-hydrogen) atoms. The molecule has 0 aliphatic heterocycles. The number of nitrogens with one attached hydrogen (secondary N) is 1. The van der Waals surface area contributed by atoms with Gasteiger partial charge in [-0.25, -0.2) is 4.98 Å². The lowest BCUT2D eigenvalue weighted by Crippen LogP contribution is -2.29. The normalized spacial score (nSPS) is 10.8. The third kappa shape index (κ3) is 5.15. The summed E-state index contributed by atoms with van der Waals surface area (Å²) in [7, 11) is 7.65. The van der Waals surface area contributed by atoms with E-state index in [-0.39, 0.29) is 11.9 Å². The number of benzene rings is 1. The van der Waals surface area contributed by atoms with Crippen molar-refractivity contribution >= 4 is 17.7 Å². The fourth-order valence-corrected chi connectivity index (χ4v) is 2.50. The number of aromatic nitrogens is 2. The molecule has 3 N–H and O–H groups in total. The molecule has 2 rings (SSSR count). The Bertz CT molecular complexity index is 731. The maximum absolute atomic E-state index is 12.6. The standard InChI is InChI=1S/C18H26N6O/c1-20-16-12-15(21-18(19)22-16)13-7-5-8-14(11-13)17(25)24(4)10-6-9-23(2)3/h5,7-8,11-12H,6,9-10H2,1-4H3,(H3,19,20,21,22). The first-order chi connectivity index (χ1) is 11.9. The van der Waals surface area contributed by atoms with Gasteiger partial charge in [-0.3, -0.25) is 4.79 Å². The van der Waals surface area contributed by atoms with E-state index in [9.17, 15) is 4.79 Å². The second-order valence-electron chi connectivity index (χ2n) is 6.21. The smallest absolute Gasteiger partial charge is 0.253 e. The van der Waals surface area contributed by atoms with E-state index in [1.807, 2.05) is 45.4 Å². The number of nitrogens with two attached hydrogens (primary N) is 1. The average Bonchev–Trinajstić information content (AvgIpc) is 2.60. The molecule has 134 valence electrons. The molecule has 0 radical (unpaired) electrons. The fraction of sp³-hybridized carbons (Fsp3) is 0.389. The number of carbonyl (C=O) groups is 1. The van der Waals surface area contributed by atoms with Gasteiger partial charge in [0.1, 0.15) is 5.82 Å². The summed E-state index contributed by atoms with van der Waals surface area (Å²) in [6, 6.07) is 9.22. The number of hydrogen-bond donors (Lipinski definition) is 2. The van der Waals surface area contributed by atoms with Crippen molar-refractivity contribution in [3.8, 4) is 11.3 Å². The highest BCUT2D eigenvalue weighted by molar-refractivity contribution is 5.95. The summed E-state index contributed by atoms with van der Waals surface area (Å²) in [5.74, 6) is 0.830. The predicted octanol–water partition coefficient (Wildman–Crippen LogP) is 1.79. The van der Waals surface area contributed by atoms with Crippen molar-refractivity contribution in [2.24, 2.45) is 0 Å². The highest BCUT2D eigenvalue weighted by Gasteiger charge is 2.13. The van der Waals surface area contributed by atoms with Crippen LogP contribution in [0.5, 0.6) is 0 Å². The van der Waals surface area contributed by atoms with Gasteiger partial charge in [0.25, 0.3) is 5.91 Å². The second-order valence-corrected chi connectivity index (χ2v) is 6.21. The first-order valence-corrected chi connectivity index (χ1v) is 8.23. The molecular formula is C18H26N6O. The third-order valence-corrected chi connectivity index (χ3v) is 3.85. The molecule has 0 fully saturated rings. The van der Waals surface area contributed by atoms with Crippen LogP contribution in [-0.2, 0) is 0 Å². The Kier molecular flexibility index (Phi) is 6.30. The van der Waals surface area contributed by atoms with E-state index in [1.165, 1.54) is 0 Å². The minimum atomic E-state index is -0.00326. The minimum Gasteiger partial charge on any atom is -0.373 e. The molecule has 1 heterocycles. The molecule has 2 aromatic rings. The summed E-state index contributed by atoms with van der Waals surface area (Å²) in [6.07, 6.45) is 0.933. The van der Waals surface area contributed by atoms with E-state index in [2.05, 4.69) is 20.2 Å². The van der Waals surface area contributed by atoms with Crippen LogP contribution in [0.4, 0.5) is 11.8 Å². The van der Waals surface area contributed by atoms with Crippen molar-refractivity contribution in [2.45, 2.75) is 6.42 Å². The minimum absolute atomic E-state index is 0.00326. The van der Waals surface area contributed by atoms with Crippen molar-refractivity contribution in [2.75, 3.05) is 52.3 Å². The number of anilines is 2. The van der Waals surface area contributed by atoms with Crippen molar-refractivity contribution < 1.29 is 4.79 Å². The fourth-order valence-electron chi connectivity index (χ4n) is 2.50. The van der Waals surface area contributed by atoms with E-state index >= 15 is 0 Å². The molecule has 0 atom stereocenters. The van der Waals surface area contributed by atoms with E-state index in [0.717, 1.165) is 18.5 Å². The number of rotatable bonds is 7. The summed E-state index contributed by atoms with van der Waals surface area (Å²) < 4.78 is 0. The summed E-state index contributed by atoms with van der Waals surface area (Å²) in [4.78, 5) is 24.8. The van der Waals surface area contributed by atoms with Gasteiger partial charge in [0.15, 0.2) is 0 Å². The lowest BCUT2D eigenvalue weighted by atomic mass is 10.1. The average molecular weight is 342 g/mol. The van der Waals surface area contributed by atoms with E-state index in [4.69, 9.17) is 5.73 Å². The number of carbonyl (C=O) groups excluding carboxylic acids is 1. The largest absolute Gasteiger partial charge is 0.373 e. The zero-order chi connectivity index (χ0) is 18.4. The van der Waals surface area contributed by atoms with Gasteiger partial charge < -0.3 is 20.9 Å². The second kappa shape index (κ2) is 8.43. The van der Waals surface area contributed by atoms with Crippen LogP contribution in [0.3, 0.4) is 0 Å². The molecule has 1 aromatic carbocycles. The highest BCUT2D eigenvalue weighted by atomic mass is 16.2. The van der Waals surface area contributed by atoms with Crippen LogP contribution in [0.15, 0.2) is 30.3 Å². The molecule has 0 bridgehead atoms. The van der Waals surface area contributed by atoms with E-state index < -0.39 is 0 Å². The Morgan fingerprint density at radius 3 is 2.60 bits per heavy atom. The maximum atomic E-state index is 12.6. The first kappa shape index (κ1) is 18.7. The molecule has 0 aliphatic carbocycles. The highest BCUT2D eigenvalue weighted by Crippen LogP contribution is 2.22. The Morgan fingerprint density at radius 1 is 1.16 bits per heavy atom. The Balaban J connectivity index is 2.18. The molecule has 0 spiro atoms. The molecule has 7 heteroatoms. The van der Waals surface area contributed by atoms with Crippen LogP contribution >= 0.6 is 0 Å². The van der Waals surface area contributed by atoms with E-state index in [0.29, 0.717) is 23.6 Å². The Hall–Kier alpha value is -2.67. The van der Waals surface area contributed by atoms with Gasteiger partial charge in [0.05, 0.1) is 5.69 Å². The summed E-state index contributed by atoms with van der Waals surface area (Å²) in [6.45, 7) is 1.66. The van der Waals surface area contributed by atoms with Gasteiger partial charge >= 0.3 is 0 Å². The SMILES string of the molecule is CNc1cc(-c2cccc(C(=O)N(C)CCCN(C)C)c2)nc(N)n1. The topological polar surface area (TPSA) is 87.4 Å². The van der Waals surface area contributed by atoms with Gasteiger partial charge in [0.2, 0.25) is 5.95 Å². The summed E-state index contributed by atoms with van der Waals surface area (Å²) >= 11 is 0. The molecule has 1 aromatic heterocycles. The lowest BCUT2D eigenvalue weighted by Gasteiger charge is -2.19. The van der Waals surface area contributed by atoms with Crippen LogP contribution in [0.25, 0.3) is 11.3 Å². The quantitative estimate of drug-likeness (QED) is 0.798. The monoisotopic (exact) mass is 342 g/mol. The Morgan fingerprint density at radius 2 is 1.92 bits per heavy atom. The van der Waals surface area contributed by atoms with Crippen LogP contribution in [0.2, 0.25) is 0 Å². The van der Waals surface area contributed by atoms with Gasteiger partial charge in [-0.2, -0.15) is 4.98 Å². The number of nitrogen functional groups attached to an aromatic ring is 1. The van der Waals surface area contributed by atoms with Gasteiger partial charge in [-0.15, -0.1) is 0 Å². The van der Waals surface area contributed by atoms with Crippen molar-refractivity contribution in [3.63, 3.8) is 0 Å². The van der Waals surface area contributed by atoms with Gasteiger partial charge in [-0.1, -0.05) is 12.1 Å².